The van der Waals surface area contributed by atoms with Crippen molar-refractivity contribution in [1.29, 1.82) is 0 Å². The number of ether oxygens (including phenoxy) is 1. The number of nitrogens with zero attached hydrogens (tertiary/aromatic N) is 1. The van der Waals surface area contributed by atoms with E-state index in [9.17, 15) is 13.2 Å². The van der Waals surface area contributed by atoms with E-state index in [1.807, 2.05) is 6.92 Å². The second-order valence-electron chi connectivity index (χ2n) is 4.48. The first kappa shape index (κ1) is 17.6. The van der Waals surface area contributed by atoms with Crippen LogP contribution in [0.4, 0.5) is 0 Å². The van der Waals surface area contributed by atoms with Gasteiger partial charge in [0.25, 0.3) is 0 Å². The fourth-order valence-corrected chi connectivity index (χ4v) is 3.59. The van der Waals surface area contributed by atoms with Crippen molar-refractivity contribution in [3.05, 3.63) is 29.3 Å². The fraction of sp³-hybridized carbons (Fsp3) is 0.500. The van der Waals surface area contributed by atoms with Crippen molar-refractivity contribution in [2.75, 3.05) is 26.3 Å². The zero-order valence-corrected chi connectivity index (χ0v) is 13.3. The molecule has 1 N–H and O–H groups in total. The van der Waals surface area contributed by atoms with Gasteiger partial charge in [0.15, 0.2) is 0 Å². The molecule has 0 aliphatic heterocycles. The van der Waals surface area contributed by atoms with Crippen molar-refractivity contribution in [1.82, 2.24) is 4.31 Å². The third-order valence-electron chi connectivity index (χ3n) is 3.09. The molecule has 0 aliphatic rings. The van der Waals surface area contributed by atoms with Crippen molar-refractivity contribution < 1.29 is 23.1 Å². The standard InChI is InChI=1S/C14H21NO5S/c1-4-15(8-9-20-5-2)21(18,19)13-10-12(14(16)17)7-6-11(13)3/h6-7,10H,4-5,8-9H2,1-3H3,(H,16,17). The molecule has 118 valence electrons. The minimum Gasteiger partial charge on any atom is -0.478 e. The summed E-state index contributed by atoms with van der Waals surface area (Å²) in [5.41, 5.74) is 0.481. The Morgan fingerprint density at radius 2 is 2.00 bits per heavy atom. The highest BCUT2D eigenvalue weighted by Crippen LogP contribution is 2.21. The molecule has 0 fully saturated rings. The van der Waals surface area contributed by atoms with Gasteiger partial charge >= 0.3 is 5.97 Å². The highest BCUT2D eigenvalue weighted by Gasteiger charge is 2.25. The van der Waals surface area contributed by atoms with Crippen molar-refractivity contribution in [3.63, 3.8) is 0 Å². The van der Waals surface area contributed by atoms with E-state index in [1.54, 1.807) is 13.8 Å². The van der Waals surface area contributed by atoms with Crippen LogP contribution in [0.1, 0.15) is 29.8 Å². The van der Waals surface area contributed by atoms with Crippen LogP contribution in [0.5, 0.6) is 0 Å². The fourth-order valence-electron chi connectivity index (χ4n) is 1.91. The monoisotopic (exact) mass is 315 g/mol. The van der Waals surface area contributed by atoms with Crippen LogP contribution >= 0.6 is 0 Å². The Morgan fingerprint density at radius 3 is 2.52 bits per heavy atom. The Kier molecular flexibility index (Phi) is 6.32. The van der Waals surface area contributed by atoms with Gasteiger partial charge in [-0.3, -0.25) is 0 Å². The quantitative estimate of drug-likeness (QED) is 0.739. The van der Waals surface area contributed by atoms with Gasteiger partial charge in [-0.05, 0) is 31.5 Å². The Morgan fingerprint density at radius 1 is 1.33 bits per heavy atom. The lowest BCUT2D eigenvalue weighted by Gasteiger charge is -2.21. The number of carboxylic acids is 1. The molecule has 0 saturated heterocycles. The first-order valence-electron chi connectivity index (χ1n) is 6.76. The summed E-state index contributed by atoms with van der Waals surface area (Å²) in [4.78, 5) is 11.0. The molecule has 0 radical (unpaired) electrons. The minimum absolute atomic E-state index is 0.0285. The molecule has 0 saturated carbocycles. The number of carbonyl (C=O) groups is 1. The summed E-state index contributed by atoms with van der Waals surface area (Å²) in [5, 5.41) is 9.01. The summed E-state index contributed by atoms with van der Waals surface area (Å²) in [5.74, 6) is -1.15. The van der Waals surface area contributed by atoms with Crippen LogP contribution in [0, 0.1) is 6.92 Å². The van der Waals surface area contributed by atoms with Gasteiger partial charge in [-0.1, -0.05) is 13.0 Å². The summed E-state index contributed by atoms with van der Waals surface area (Å²) in [7, 11) is -3.73. The maximum Gasteiger partial charge on any atom is 0.335 e. The van der Waals surface area contributed by atoms with E-state index < -0.39 is 16.0 Å². The molecule has 1 rings (SSSR count). The van der Waals surface area contributed by atoms with Crippen molar-refractivity contribution in [2.45, 2.75) is 25.7 Å². The van der Waals surface area contributed by atoms with Crippen molar-refractivity contribution in [2.24, 2.45) is 0 Å². The van der Waals surface area contributed by atoms with E-state index in [1.165, 1.54) is 22.5 Å². The van der Waals surface area contributed by atoms with Crippen LogP contribution < -0.4 is 0 Å². The van der Waals surface area contributed by atoms with E-state index >= 15 is 0 Å². The Bertz CT molecular complexity index is 597. The third-order valence-corrected chi connectivity index (χ3v) is 5.21. The summed E-state index contributed by atoms with van der Waals surface area (Å²) in [6.07, 6.45) is 0. The van der Waals surface area contributed by atoms with E-state index in [-0.39, 0.29) is 17.0 Å². The smallest absolute Gasteiger partial charge is 0.335 e. The van der Waals surface area contributed by atoms with Gasteiger partial charge in [-0.25, -0.2) is 13.2 Å². The third kappa shape index (κ3) is 4.26. The number of aryl methyl sites for hydroxylation is 1. The maximum atomic E-state index is 12.6. The topological polar surface area (TPSA) is 83.9 Å². The van der Waals surface area contributed by atoms with Crippen LogP contribution in [0.2, 0.25) is 0 Å². The molecule has 0 unspecified atom stereocenters. The lowest BCUT2D eigenvalue weighted by molar-refractivity contribution is 0.0696. The van der Waals surface area contributed by atoms with Gasteiger partial charge in [0.05, 0.1) is 17.1 Å². The highest BCUT2D eigenvalue weighted by molar-refractivity contribution is 7.89. The molecule has 1 aromatic rings. The number of aromatic carboxylic acids is 1. The van der Waals surface area contributed by atoms with Gasteiger partial charge < -0.3 is 9.84 Å². The predicted molar refractivity (Wildman–Crippen MR) is 79.1 cm³/mol. The molecule has 1 aromatic carbocycles. The number of benzene rings is 1. The summed E-state index contributed by atoms with van der Waals surface area (Å²) >= 11 is 0. The lowest BCUT2D eigenvalue weighted by Crippen LogP contribution is -2.34. The second-order valence-corrected chi connectivity index (χ2v) is 6.39. The molecular weight excluding hydrogens is 294 g/mol. The second kappa shape index (κ2) is 7.53. The van der Waals surface area contributed by atoms with E-state index in [4.69, 9.17) is 9.84 Å². The van der Waals surface area contributed by atoms with Crippen LogP contribution in [0.25, 0.3) is 0 Å². The van der Waals surface area contributed by atoms with E-state index in [0.29, 0.717) is 25.3 Å². The molecule has 0 heterocycles. The zero-order chi connectivity index (χ0) is 16.0. The zero-order valence-electron chi connectivity index (χ0n) is 12.5. The molecule has 0 spiro atoms. The summed E-state index contributed by atoms with van der Waals surface area (Å²) in [6.45, 7) is 6.59. The molecular formula is C14H21NO5S. The van der Waals surface area contributed by atoms with Crippen LogP contribution in [0.3, 0.4) is 0 Å². The van der Waals surface area contributed by atoms with E-state index in [0.717, 1.165) is 0 Å². The molecule has 7 heteroatoms. The first-order chi connectivity index (χ1) is 9.84. The normalized spacial score (nSPS) is 11.8. The van der Waals surface area contributed by atoms with Gasteiger partial charge in [0.1, 0.15) is 0 Å². The first-order valence-corrected chi connectivity index (χ1v) is 8.20. The summed E-state index contributed by atoms with van der Waals surface area (Å²) in [6, 6.07) is 4.11. The van der Waals surface area contributed by atoms with Crippen LogP contribution in [-0.2, 0) is 14.8 Å². The predicted octanol–water partition coefficient (Wildman–Crippen LogP) is 1.74. The summed E-state index contributed by atoms with van der Waals surface area (Å²) < 4.78 is 31.7. The van der Waals surface area contributed by atoms with E-state index in [2.05, 4.69) is 0 Å². The number of carboxylic acid groups (broad SMARTS) is 1. The SMILES string of the molecule is CCOCCN(CC)S(=O)(=O)c1cc(C(=O)O)ccc1C. The molecule has 0 aromatic heterocycles. The number of rotatable bonds is 8. The molecule has 0 amide bonds. The largest absolute Gasteiger partial charge is 0.478 e. The van der Waals surface area contributed by atoms with Gasteiger partial charge in [-0.2, -0.15) is 4.31 Å². The van der Waals surface area contributed by atoms with Crippen molar-refractivity contribution >= 4 is 16.0 Å². The molecule has 0 aliphatic carbocycles. The average Bonchev–Trinajstić information content (AvgIpc) is 2.43. The lowest BCUT2D eigenvalue weighted by atomic mass is 10.1. The van der Waals surface area contributed by atoms with Crippen LogP contribution in [-0.4, -0.2) is 50.1 Å². The highest BCUT2D eigenvalue weighted by atomic mass is 32.2. The van der Waals surface area contributed by atoms with Crippen molar-refractivity contribution in [3.8, 4) is 0 Å². The minimum atomic E-state index is -3.73. The van der Waals surface area contributed by atoms with Gasteiger partial charge in [0.2, 0.25) is 10.0 Å². The van der Waals surface area contributed by atoms with Gasteiger partial charge in [0, 0.05) is 19.7 Å². The number of hydrogen-bond acceptors (Lipinski definition) is 4. The molecule has 0 atom stereocenters. The number of hydrogen-bond donors (Lipinski definition) is 1. The number of likely N-dealkylation sites (N-methyl/N-ethyl adjacent to an activating group) is 1. The molecule has 0 bridgehead atoms. The Labute approximate surface area is 125 Å². The molecule has 6 nitrogen and oxygen atoms in total. The maximum absolute atomic E-state index is 12.6. The Hall–Kier alpha value is -1.44. The Balaban J connectivity index is 3.15. The van der Waals surface area contributed by atoms with Gasteiger partial charge in [-0.15, -0.1) is 0 Å². The van der Waals surface area contributed by atoms with Crippen LogP contribution in [0.15, 0.2) is 23.1 Å². The number of sulfonamides is 1. The molecule has 21 heavy (non-hydrogen) atoms. The average molecular weight is 315 g/mol.